The van der Waals surface area contributed by atoms with Crippen molar-refractivity contribution in [2.45, 2.75) is 16.7 Å². The molecule has 14 nitrogen and oxygen atoms in total. The van der Waals surface area contributed by atoms with E-state index in [2.05, 4.69) is 25.7 Å². The van der Waals surface area contributed by atoms with Crippen molar-refractivity contribution in [3.63, 3.8) is 0 Å². The second-order valence-corrected chi connectivity index (χ2v) is 15.7. The minimum absolute atomic E-state index is 0. The fourth-order valence-corrected chi connectivity index (χ4v) is 8.76. The Labute approximate surface area is 354 Å². The van der Waals surface area contributed by atoms with Gasteiger partial charge >= 0.3 is 59.1 Å². The van der Waals surface area contributed by atoms with E-state index in [0.717, 1.165) is 55.9 Å². The number of nitrogens with one attached hydrogen (secondary N) is 1. The summed E-state index contributed by atoms with van der Waals surface area (Å²) in [6, 6.07) is 20.7. The summed E-state index contributed by atoms with van der Waals surface area (Å²) in [6.45, 7) is 1.58. The molecule has 2 N–H and O–H groups in total. The van der Waals surface area contributed by atoms with Crippen LogP contribution in [-0.2, 0) is 25.0 Å². The number of allylic oxidation sites excluding steroid dienone is 2. The number of carbonyl (C=O) groups is 1. The summed E-state index contributed by atoms with van der Waals surface area (Å²) in [5, 5.41) is 23.5. The smallest absolute Gasteiger partial charge is 0.744 e. The van der Waals surface area contributed by atoms with Crippen molar-refractivity contribution >= 4 is 86.2 Å². The summed E-state index contributed by atoms with van der Waals surface area (Å²) in [5.74, 6) is -1.01. The summed E-state index contributed by atoms with van der Waals surface area (Å²) in [5.41, 5.74) is 6.58. The van der Waals surface area contributed by atoms with Gasteiger partial charge in [-0.3, -0.25) is 10.2 Å². The van der Waals surface area contributed by atoms with Crippen molar-refractivity contribution in [2.75, 3.05) is 5.43 Å². The molecule has 2 aromatic heterocycles. The van der Waals surface area contributed by atoms with Gasteiger partial charge in [-0.15, -0.1) is 27.8 Å². The van der Waals surface area contributed by atoms with Gasteiger partial charge < -0.3 is 14.2 Å². The fraction of sp³-hybridized carbons (Fsp3) is 0.0303. The normalized spacial score (nSPS) is 14.2. The van der Waals surface area contributed by atoms with Crippen LogP contribution in [0.2, 0.25) is 0 Å². The third kappa shape index (κ3) is 8.91. The quantitative estimate of drug-likeness (QED) is 0.0720. The predicted molar refractivity (Wildman–Crippen MR) is 190 cm³/mol. The molecule has 20 heteroatoms. The third-order valence-corrected chi connectivity index (χ3v) is 11.7. The maximum absolute atomic E-state index is 12.5. The summed E-state index contributed by atoms with van der Waals surface area (Å²) >= 11 is 2.60. The van der Waals surface area contributed by atoms with E-state index in [-0.39, 0.29) is 81.1 Å². The largest absolute Gasteiger partial charge is 1.00 e. The number of hydrazone groups is 1. The molecule has 2 heterocycles. The van der Waals surface area contributed by atoms with Gasteiger partial charge in [0.05, 0.1) is 41.6 Å². The first-order valence-electron chi connectivity index (χ1n) is 14.6. The SMILES string of the molecule is Cc1ccc2nc(-c3ccc4nc(-c5ccc(NN=C6C=C(N=Nc7ccc(S(=O)(=O)[O-])cc7)C(O)=CC6=O)cc5)sc4c3)sc2c1S(=O)(=O)[O-].[Na+].[Na+]. The molecule has 0 saturated carbocycles. The van der Waals surface area contributed by atoms with Gasteiger partial charge in [0.2, 0.25) is 5.78 Å². The van der Waals surface area contributed by atoms with Gasteiger partial charge in [0.25, 0.3) is 0 Å². The monoisotopic (exact) mass is 802 g/mol. The molecule has 0 amide bonds. The fourth-order valence-electron chi connectivity index (χ4n) is 5.00. The van der Waals surface area contributed by atoms with Gasteiger partial charge in [-0.1, -0.05) is 6.07 Å². The zero-order valence-electron chi connectivity index (χ0n) is 27.8. The topological polar surface area (TPSA) is 227 Å². The Morgan fingerprint density at radius 1 is 0.755 bits per heavy atom. The molecule has 1 aliphatic rings. The molecule has 4 aromatic carbocycles. The number of hydrogen-bond acceptors (Lipinski definition) is 16. The zero-order valence-corrected chi connectivity index (χ0v) is 35.1. The Bertz CT molecular complexity index is 2760. The summed E-state index contributed by atoms with van der Waals surface area (Å²) in [6.07, 6.45) is 2.17. The molecule has 7 rings (SSSR count). The van der Waals surface area contributed by atoms with Crippen LogP contribution >= 0.6 is 22.7 Å². The molecule has 0 atom stereocenters. The number of azo groups is 1. The number of anilines is 1. The number of fused-ring (bicyclic) bond motifs is 2. The number of thiazole rings is 2. The molecule has 6 aromatic rings. The van der Waals surface area contributed by atoms with Gasteiger partial charge in [0.15, 0.2) is 0 Å². The van der Waals surface area contributed by atoms with Crippen LogP contribution in [0.25, 0.3) is 41.6 Å². The van der Waals surface area contributed by atoms with Crippen LogP contribution in [0.3, 0.4) is 0 Å². The molecular formula is C33H20N6Na2O8S4. The molecule has 0 spiro atoms. The third-order valence-electron chi connectivity index (χ3n) is 7.49. The van der Waals surface area contributed by atoms with Gasteiger partial charge in [-0.25, -0.2) is 26.8 Å². The zero-order chi connectivity index (χ0) is 36.1. The van der Waals surface area contributed by atoms with Crippen LogP contribution in [0.5, 0.6) is 0 Å². The first-order valence-corrected chi connectivity index (χ1v) is 19.0. The van der Waals surface area contributed by atoms with E-state index in [1.807, 2.05) is 30.3 Å². The number of ketones is 1. The average molecular weight is 803 g/mol. The van der Waals surface area contributed by atoms with Crippen molar-refractivity contribution < 1.29 is 95.0 Å². The number of benzene rings is 4. The minimum Gasteiger partial charge on any atom is -0.744 e. The van der Waals surface area contributed by atoms with E-state index in [1.165, 1.54) is 29.5 Å². The molecule has 256 valence electrons. The number of hydrogen-bond donors (Lipinski definition) is 2. The number of aromatic nitrogens is 2. The van der Waals surface area contributed by atoms with Crippen molar-refractivity contribution in [3.05, 3.63) is 108 Å². The molecule has 53 heavy (non-hydrogen) atoms. The van der Waals surface area contributed by atoms with Gasteiger partial charge in [0, 0.05) is 23.3 Å². The molecule has 0 saturated heterocycles. The van der Waals surface area contributed by atoms with Crippen LogP contribution in [0.1, 0.15) is 5.56 Å². The maximum atomic E-state index is 12.5. The Balaban J connectivity index is 0.00000271. The second kappa shape index (κ2) is 16.1. The number of rotatable bonds is 8. The molecular weight excluding hydrogens is 783 g/mol. The molecule has 0 bridgehead atoms. The number of nitrogens with zero attached hydrogens (tertiary/aromatic N) is 5. The summed E-state index contributed by atoms with van der Waals surface area (Å²) in [4.78, 5) is 21.1. The van der Waals surface area contributed by atoms with Crippen molar-refractivity contribution in [3.8, 4) is 21.1 Å². The number of aliphatic hydroxyl groups is 1. The van der Waals surface area contributed by atoms with E-state index in [0.29, 0.717) is 26.5 Å². The Hall–Kier alpha value is -3.50. The van der Waals surface area contributed by atoms with E-state index < -0.39 is 36.7 Å². The van der Waals surface area contributed by atoms with Crippen LogP contribution in [0, 0.1) is 6.92 Å². The Morgan fingerprint density at radius 2 is 1.40 bits per heavy atom. The van der Waals surface area contributed by atoms with Crippen LogP contribution < -0.4 is 64.5 Å². The molecule has 0 radical (unpaired) electrons. The minimum atomic E-state index is -4.68. The van der Waals surface area contributed by atoms with Gasteiger partial charge in [-0.2, -0.15) is 10.2 Å². The number of aryl methyl sites for hydroxylation is 1. The van der Waals surface area contributed by atoms with E-state index in [1.54, 1.807) is 31.2 Å². The Kier molecular flexibility index (Phi) is 12.3. The van der Waals surface area contributed by atoms with Crippen molar-refractivity contribution in [2.24, 2.45) is 15.3 Å². The maximum Gasteiger partial charge on any atom is 1.00 e. The first kappa shape index (κ1) is 40.7. The predicted octanol–water partition coefficient (Wildman–Crippen LogP) is 0.825. The Morgan fingerprint density at radius 3 is 2.08 bits per heavy atom. The van der Waals surface area contributed by atoms with Gasteiger partial charge in [-0.05, 0) is 85.3 Å². The second-order valence-electron chi connectivity index (χ2n) is 11.0. The van der Waals surface area contributed by atoms with E-state index in [4.69, 9.17) is 4.98 Å². The molecule has 0 fully saturated rings. The number of carbonyl (C=O) groups excluding carboxylic acids is 1. The standard InChI is InChI=1S/C33H22N6O8S4.2Na/c1-17-2-12-24-30(31(17)51(45,46)47)49-33(35-24)19-5-13-23-29(14-19)48-32(34-23)18-3-6-20(7-4-18)36-38-25-15-26(28(41)16-27(25)40)39-37-21-8-10-22(11-9-21)50(42,43)44;;/h2-16,36,41H,1H3,(H,42,43,44)(H,45,46,47);;/q;2*+1/p-2. The first-order chi connectivity index (χ1) is 24.2. The van der Waals surface area contributed by atoms with Gasteiger partial charge in [0.1, 0.15) is 47.4 Å². The van der Waals surface area contributed by atoms with Crippen LogP contribution in [0.15, 0.2) is 128 Å². The van der Waals surface area contributed by atoms with Crippen LogP contribution in [0.4, 0.5) is 11.4 Å². The molecule has 0 unspecified atom stereocenters. The van der Waals surface area contributed by atoms with E-state index >= 15 is 0 Å². The average Bonchev–Trinajstić information content (AvgIpc) is 3.71. The van der Waals surface area contributed by atoms with E-state index in [9.17, 15) is 35.8 Å². The molecule has 0 aliphatic heterocycles. The summed E-state index contributed by atoms with van der Waals surface area (Å²) in [7, 11) is -9.30. The molecule has 1 aliphatic carbocycles. The van der Waals surface area contributed by atoms with Crippen molar-refractivity contribution in [1.29, 1.82) is 0 Å². The van der Waals surface area contributed by atoms with Crippen molar-refractivity contribution in [1.82, 2.24) is 9.97 Å². The summed E-state index contributed by atoms with van der Waals surface area (Å²) < 4.78 is 70.4. The van der Waals surface area contributed by atoms with Crippen LogP contribution in [-0.4, -0.2) is 52.5 Å². The number of aliphatic hydroxyl groups excluding tert-OH is 1.